The third kappa shape index (κ3) is 3.10. The van der Waals surface area contributed by atoms with Crippen LogP contribution in [0.1, 0.15) is 27.9 Å². The fourth-order valence-corrected chi connectivity index (χ4v) is 2.60. The number of hydrogen-bond acceptors (Lipinski definition) is 4. The highest BCUT2D eigenvalue weighted by Crippen LogP contribution is 2.18. The number of rotatable bonds is 2. The van der Waals surface area contributed by atoms with E-state index in [0.29, 0.717) is 11.5 Å². The molecule has 2 N–H and O–H groups in total. The van der Waals surface area contributed by atoms with Gasteiger partial charge in [-0.3, -0.25) is 4.79 Å². The molecule has 0 spiro atoms. The summed E-state index contributed by atoms with van der Waals surface area (Å²) in [5.41, 5.74) is 0. The molecule has 2 unspecified atom stereocenters. The first-order valence-electron chi connectivity index (χ1n) is 5.82. The molecular weight excluding hydrogens is 250 g/mol. The van der Waals surface area contributed by atoms with Crippen LogP contribution in [-0.2, 0) is 4.74 Å². The fraction of sp³-hybridized carbons (Fsp3) is 0.462. The number of nitrogens with one attached hydrogen (secondary N) is 1. The lowest BCUT2D eigenvalue weighted by atomic mass is 10.1. The van der Waals surface area contributed by atoms with Gasteiger partial charge in [0.05, 0.1) is 21.9 Å². The summed E-state index contributed by atoms with van der Waals surface area (Å²) >= 11 is 1.33. The standard InChI is InChI=1S/C13H15NO3S/c1-9-11(6-8-17-9)14-13(16)12-5-4-10(18-12)3-2-7-15/h4-5,9,11,15H,6-8H2,1H3,(H,14,16). The largest absolute Gasteiger partial charge is 0.384 e. The van der Waals surface area contributed by atoms with Gasteiger partial charge >= 0.3 is 0 Å². The van der Waals surface area contributed by atoms with E-state index in [1.165, 1.54) is 11.3 Å². The second-order valence-electron chi connectivity index (χ2n) is 4.07. The van der Waals surface area contributed by atoms with Crippen molar-refractivity contribution in [2.45, 2.75) is 25.5 Å². The maximum Gasteiger partial charge on any atom is 0.261 e. The lowest BCUT2D eigenvalue weighted by molar-refractivity contribution is 0.0869. The maximum atomic E-state index is 12.0. The molecule has 5 heteroatoms. The van der Waals surface area contributed by atoms with E-state index in [2.05, 4.69) is 17.2 Å². The van der Waals surface area contributed by atoms with Crippen molar-refractivity contribution in [3.63, 3.8) is 0 Å². The van der Waals surface area contributed by atoms with Crippen molar-refractivity contribution in [2.24, 2.45) is 0 Å². The summed E-state index contributed by atoms with van der Waals surface area (Å²) in [5, 5.41) is 11.6. The van der Waals surface area contributed by atoms with Gasteiger partial charge in [-0.2, -0.15) is 0 Å². The van der Waals surface area contributed by atoms with Crippen LogP contribution < -0.4 is 5.32 Å². The number of amides is 1. The molecular formula is C13H15NO3S. The summed E-state index contributed by atoms with van der Waals surface area (Å²) in [6.07, 6.45) is 0.928. The molecule has 0 aromatic carbocycles. The summed E-state index contributed by atoms with van der Waals surface area (Å²) < 4.78 is 5.40. The number of hydrogen-bond donors (Lipinski definition) is 2. The van der Waals surface area contributed by atoms with E-state index in [9.17, 15) is 4.79 Å². The Morgan fingerprint density at radius 3 is 3.17 bits per heavy atom. The Balaban J connectivity index is 1.98. The Morgan fingerprint density at radius 2 is 2.50 bits per heavy atom. The zero-order valence-electron chi connectivity index (χ0n) is 10.1. The monoisotopic (exact) mass is 265 g/mol. The molecule has 2 heterocycles. The number of aliphatic hydroxyl groups is 1. The molecule has 1 aromatic heterocycles. The zero-order valence-corrected chi connectivity index (χ0v) is 10.9. The Morgan fingerprint density at radius 1 is 1.67 bits per heavy atom. The first kappa shape index (κ1) is 13.1. The van der Waals surface area contributed by atoms with E-state index in [1.54, 1.807) is 12.1 Å². The van der Waals surface area contributed by atoms with Gasteiger partial charge in [0.25, 0.3) is 5.91 Å². The van der Waals surface area contributed by atoms with Crippen LogP contribution in [0, 0.1) is 11.8 Å². The third-order valence-corrected chi connectivity index (χ3v) is 3.81. The summed E-state index contributed by atoms with van der Waals surface area (Å²) in [7, 11) is 0. The van der Waals surface area contributed by atoms with E-state index in [1.807, 2.05) is 6.92 Å². The molecule has 0 bridgehead atoms. The first-order valence-corrected chi connectivity index (χ1v) is 6.64. The molecule has 96 valence electrons. The molecule has 1 saturated heterocycles. The van der Waals surface area contributed by atoms with Crippen LogP contribution >= 0.6 is 11.3 Å². The van der Waals surface area contributed by atoms with Gasteiger partial charge in [0.1, 0.15) is 6.61 Å². The van der Waals surface area contributed by atoms with Crippen LogP contribution in [0.5, 0.6) is 0 Å². The Bertz CT molecular complexity index is 486. The lowest BCUT2D eigenvalue weighted by Crippen LogP contribution is -2.38. The van der Waals surface area contributed by atoms with Crippen LogP contribution in [0.2, 0.25) is 0 Å². The van der Waals surface area contributed by atoms with E-state index < -0.39 is 0 Å². The SMILES string of the molecule is CC1OCCC1NC(=O)c1ccc(C#CCO)s1. The van der Waals surface area contributed by atoms with Crippen molar-refractivity contribution < 1.29 is 14.6 Å². The van der Waals surface area contributed by atoms with E-state index >= 15 is 0 Å². The molecule has 1 amide bonds. The molecule has 2 rings (SSSR count). The zero-order chi connectivity index (χ0) is 13.0. The van der Waals surface area contributed by atoms with Gasteiger partial charge in [0, 0.05) is 6.61 Å². The van der Waals surface area contributed by atoms with Crippen LogP contribution in [-0.4, -0.2) is 36.4 Å². The highest BCUT2D eigenvalue weighted by molar-refractivity contribution is 7.14. The second kappa shape index (κ2) is 6.01. The van der Waals surface area contributed by atoms with Crippen LogP contribution in [0.15, 0.2) is 12.1 Å². The predicted molar refractivity (Wildman–Crippen MR) is 69.6 cm³/mol. The van der Waals surface area contributed by atoms with Crippen molar-refractivity contribution >= 4 is 17.2 Å². The van der Waals surface area contributed by atoms with Crippen molar-refractivity contribution in [2.75, 3.05) is 13.2 Å². The van der Waals surface area contributed by atoms with Crippen molar-refractivity contribution in [1.82, 2.24) is 5.32 Å². The molecule has 1 aromatic rings. The smallest absolute Gasteiger partial charge is 0.261 e. The molecule has 18 heavy (non-hydrogen) atoms. The molecule has 4 nitrogen and oxygen atoms in total. The number of thiophene rings is 1. The first-order chi connectivity index (χ1) is 8.70. The Labute approximate surface area is 110 Å². The van der Waals surface area contributed by atoms with E-state index in [0.717, 1.165) is 11.3 Å². The van der Waals surface area contributed by atoms with Gasteiger partial charge in [-0.25, -0.2) is 0 Å². The van der Waals surface area contributed by atoms with Crippen molar-refractivity contribution in [1.29, 1.82) is 0 Å². The number of aliphatic hydroxyl groups excluding tert-OH is 1. The van der Waals surface area contributed by atoms with Crippen LogP contribution in [0.4, 0.5) is 0 Å². The van der Waals surface area contributed by atoms with Crippen LogP contribution in [0.25, 0.3) is 0 Å². The molecule has 0 radical (unpaired) electrons. The summed E-state index contributed by atoms with van der Waals surface area (Å²) in [4.78, 5) is 13.4. The quantitative estimate of drug-likeness (QED) is 0.784. The van der Waals surface area contributed by atoms with Gasteiger partial charge in [-0.05, 0) is 25.5 Å². The van der Waals surface area contributed by atoms with Gasteiger partial charge in [0.15, 0.2) is 0 Å². The van der Waals surface area contributed by atoms with Gasteiger partial charge in [-0.15, -0.1) is 11.3 Å². The molecule has 1 aliphatic rings. The second-order valence-corrected chi connectivity index (χ2v) is 5.15. The molecule has 1 fully saturated rings. The normalized spacial score (nSPS) is 22.3. The topological polar surface area (TPSA) is 58.6 Å². The average molecular weight is 265 g/mol. The van der Waals surface area contributed by atoms with Gasteiger partial charge < -0.3 is 15.2 Å². The van der Waals surface area contributed by atoms with E-state index in [4.69, 9.17) is 9.84 Å². The average Bonchev–Trinajstić information content (AvgIpc) is 2.97. The summed E-state index contributed by atoms with van der Waals surface area (Å²) in [6, 6.07) is 3.63. The third-order valence-electron chi connectivity index (χ3n) is 2.81. The number of carbonyl (C=O) groups excluding carboxylic acids is 1. The lowest BCUT2D eigenvalue weighted by Gasteiger charge is -2.15. The Kier molecular flexibility index (Phi) is 4.37. The highest BCUT2D eigenvalue weighted by Gasteiger charge is 2.26. The minimum atomic E-state index is -0.170. The van der Waals surface area contributed by atoms with Crippen LogP contribution in [0.3, 0.4) is 0 Å². The molecule has 1 aliphatic heterocycles. The maximum absolute atomic E-state index is 12.0. The minimum Gasteiger partial charge on any atom is -0.384 e. The predicted octanol–water partition coefficient (Wildman–Crippen LogP) is 0.999. The highest BCUT2D eigenvalue weighted by atomic mass is 32.1. The summed E-state index contributed by atoms with van der Waals surface area (Å²) in [5.74, 6) is 5.26. The van der Waals surface area contributed by atoms with Crippen molar-refractivity contribution in [3.8, 4) is 11.8 Å². The number of ether oxygens (including phenoxy) is 1. The molecule has 2 atom stereocenters. The fourth-order valence-electron chi connectivity index (χ4n) is 1.81. The minimum absolute atomic E-state index is 0.0718. The van der Waals surface area contributed by atoms with Gasteiger partial charge in [0.2, 0.25) is 0 Å². The Hall–Kier alpha value is -1.35. The molecule has 0 saturated carbocycles. The molecule has 0 aliphatic carbocycles. The van der Waals surface area contributed by atoms with E-state index in [-0.39, 0.29) is 24.7 Å². The van der Waals surface area contributed by atoms with Gasteiger partial charge in [-0.1, -0.05) is 11.8 Å². The summed E-state index contributed by atoms with van der Waals surface area (Å²) in [6.45, 7) is 2.49. The van der Waals surface area contributed by atoms with Crippen molar-refractivity contribution in [3.05, 3.63) is 21.9 Å². The number of carbonyl (C=O) groups is 1.